The quantitative estimate of drug-likeness (QED) is 0.888. The number of hydrogen-bond donors (Lipinski definition) is 1. The molecule has 4 heteroatoms. The van der Waals surface area contributed by atoms with Gasteiger partial charge in [0.05, 0.1) is 6.10 Å². The fourth-order valence-electron chi connectivity index (χ4n) is 2.54. The van der Waals surface area contributed by atoms with Crippen LogP contribution >= 0.6 is 0 Å². The highest BCUT2D eigenvalue weighted by Crippen LogP contribution is 2.30. The maximum absolute atomic E-state index is 10.7. The van der Waals surface area contributed by atoms with Crippen LogP contribution in [-0.4, -0.2) is 17.2 Å². The fourth-order valence-corrected chi connectivity index (χ4v) is 2.54. The van der Waals surface area contributed by atoms with Gasteiger partial charge in [-0.25, -0.2) is 4.79 Å². The molecular weight excluding hydrogens is 232 g/mol. The number of hydrogen-bond acceptors (Lipinski definition) is 3. The summed E-state index contributed by atoms with van der Waals surface area (Å²) in [5.74, 6) is 0.227. The van der Waals surface area contributed by atoms with E-state index >= 15 is 0 Å². The molecule has 100 valence electrons. The zero-order valence-electron chi connectivity index (χ0n) is 10.9. The molecule has 1 aliphatic rings. The summed E-state index contributed by atoms with van der Waals surface area (Å²) in [6.45, 7) is 4.15. The third-order valence-corrected chi connectivity index (χ3v) is 3.52. The van der Waals surface area contributed by atoms with Gasteiger partial charge >= 0.3 is 5.97 Å². The number of carboxylic acids is 1. The molecule has 1 saturated carbocycles. The van der Waals surface area contributed by atoms with Crippen molar-refractivity contribution >= 4 is 5.97 Å². The molecule has 1 aromatic heterocycles. The Morgan fingerprint density at radius 1 is 1.50 bits per heavy atom. The Kier molecular flexibility index (Phi) is 4.07. The zero-order valence-corrected chi connectivity index (χ0v) is 10.9. The van der Waals surface area contributed by atoms with Crippen LogP contribution in [0.25, 0.3) is 0 Å². The summed E-state index contributed by atoms with van der Waals surface area (Å²) in [7, 11) is 0. The molecule has 4 nitrogen and oxygen atoms in total. The van der Waals surface area contributed by atoms with Crippen LogP contribution in [0.1, 0.15) is 61.9 Å². The van der Waals surface area contributed by atoms with Crippen molar-refractivity contribution in [2.24, 2.45) is 5.92 Å². The molecule has 1 N–H and O–H groups in total. The molecule has 1 aromatic rings. The molecule has 1 aliphatic carbocycles. The Balaban J connectivity index is 1.93. The molecule has 1 heterocycles. The lowest BCUT2D eigenvalue weighted by atomic mass is 9.88. The fraction of sp³-hybridized carbons (Fsp3) is 0.643. The molecular formula is C14H20O4. The molecule has 18 heavy (non-hydrogen) atoms. The third-order valence-electron chi connectivity index (χ3n) is 3.52. The summed E-state index contributed by atoms with van der Waals surface area (Å²) in [5, 5.41) is 8.80. The minimum absolute atomic E-state index is 0.0301. The minimum atomic E-state index is -1.04. The summed E-state index contributed by atoms with van der Waals surface area (Å²) in [6, 6.07) is 3.15. The van der Waals surface area contributed by atoms with Gasteiger partial charge in [-0.15, -0.1) is 0 Å². The first kappa shape index (κ1) is 13.1. The van der Waals surface area contributed by atoms with Crippen molar-refractivity contribution in [3.05, 3.63) is 23.7 Å². The molecule has 1 fully saturated rings. The smallest absolute Gasteiger partial charge is 0.371 e. The van der Waals surface area contributed by atoms with Crippen molar-refractivity contribution in [2.75, 3.05) is 0 Å². The second-order valence-electron chi connectivity index (χ2n) is 5.18. The Bertz CT molecular complexity index is 410. The second-order valence-corrected chi connectivity index (χ2v) is 5.18. The monoisotopic (exact) mass is 252 g/mol. The van der Waals surface area contributed by atoms with Crippen molar-refractivity contribution in [1.29, 1.82) is 0 Å². The maximum atomic E-state index is 10.7. The second kappa shape index (κ2) is 5.57. The van der Waals surface area contributed by atoms with E-state index in [1.54, 1.807) is 6.07 Å². The van der Waals surface area contributed by atoms with E-state index in [0.717, 1.165) is 12.8 Å². The van der Waals surface area contributed by atoms with Gasteiger partial charge in [0.2, 0.25) is 5.76 Å². The van der Waals surface area contributed by atoms with E-state index in [-0.39, 0.29) is 18.0 Å². The Labute approximate surface area is 107 Å². The van der Waals surface area contributed by atoms with Gasteiger partial charge < -0.3 is 14.3 Å². The van der Waals surface area contributed by atoms with Gasteiger partial charge in [0.15, 0.2) is 0 Å². The molecule has 2 rings (SSSR count). The standard InChI is InChI=1S/C14H20O4/c1-9-4-3-5-11(8-9)17-10(2)12-6-7-13(18-12)14(15)16/h6-7,9-11H,3-5,8H2,1-2H3,(H,15,16). The molecule has 0 spiro atoms. The lowest BCUT2D eigenvalue weighted by Gasteiger charge is -2.28. The number of aromatic carboxylic acids is 1. The highest BCUT2D eigenvalue weighted by Gasteiger charge is 2.23. The van der Waals surface area contributed by atoms with Crippen molar-refractivity contribution in [1.82, 2.24) is 0 Å². The summed E-state index contributed by atoms with van der Waals surface area (Å²) in [6.07, 6.45) is 4.73. The molecule has 0 saturated heterocycles. The van der Waals surface area contributed by atoms with E-state index < -0.39 is 5.97 Å². The molecule has 0 aromatic carbocycles. The summed E-state index contributed by atoms with van der Waals surface area (Å²) in [5.41, 5.74) is 0. The molecule has 0 aliphatic heterocycles. The van der Waals surface area contributed by atoms with E-state index in [2.05, 4.69) is 6.92 Å². The normalized spacial score (nSPS) is 25.9. The summed E-state index contributed by atoms with van der Waals surface area (Å²) in [4.78, 5) is 10.7. The zero-order chi connectivity index (χ0) is 13.1. The maximum Gasteiger partial charge on any atom is 0.371 e. The van der Waals surface area contributed by atoms with Crippen molar-refractivity contribution in [3.8, 4) is 0 Å². The first-order valence-corrected chi connectivity index (χ1v) is 6.54. The van der Waals surface area contributed by atoms with Gasteiger partial charge in [-0.2, -0.15) is 0 Å². The van der Waals surface area contributed by atoms with E-state index in [0.29, 0.717) is 11.7 Å². The Morgan fingerprint density at radius 2 is 2.28 bits per heavy atom. The predicted molar refractivity (Wildman–Crippen MR) is 66.6 cm³/mol. The van der Waals surface area contributed by atoms with Gasteiger partial charge in [0.1, 0.15) is 11.9 Å². The highest BCUT2D eigenvalue weighted by molar-refractivity contribution is 5.84. The summed E-state index contributed by atoms with van der Waals surface area (Å²) < 4.78 is 11.2. The predicted octanol–water partition coefficient (Wildman–Crippen LogP) is 3.63. The minimum Gasteiger partial charge on any atom is -0.475 e. The Morgan fingerprint density at radius 3 is 2.89 bits per heavy atom. The topological polar surface area (TPSA) is 59.7 Å². The number of carboxylic acid groups (broad SMARTS) is 1. The molecule has 0 amide bonds. The van der Waals surface area contributed by atoms with E-state index in [4.69, 9.17) is 14.3 Å². The van der Waals surface area contributed by atoms with Gasteiger partial charge in [0, 0.05) is 0 Å². The van der Waals surface area contributed by atoms with Crippen LogP contribution in [0.4, 0.5) is 0 Å². The molecule has 3 unspecified atom stereocenters. The Hall–Kier alpha value is -1.29. The van der Waals surface area contributed by atoms with Crippen LogP contribution in [-0.2, 0) is 4.74 Å². The van der Waals surface area contributed by atoms with Gasteiger partial charge in [-0.05, 0) is 37.8 Å². The first-order valence-electron chi connectivity index (χ1n) is 6.54. The van der Waals surface area contributed by atoms with Crippen LogP contribution in [0.2, 0.25) is 0 Å². The van der Waals surface area contributed by atoms with Gasteiger partial charge in [-0.3, -0.25) is 0 Å². The van der Waals surface area contributed by atoms with Crippen LogP contribution in [0.15, 0.2) is 16.5 Å². The van der Waals surface area contributed by atoms with Crippen LogP contribution < -0.4 is 0 Å². The molecule has 0 radical (unpaired) electrons. The third kappa shape index (κ3) is 3.13. The first-order chi connectivity index (χ1) is 8.56. The number of carbonyl (C=O) groups is 1. The number of ether oxygens (including phenoxy) is 1. The number of furan rings is 1. The summed E-state index contributed by atoms with van der Waals surface area (Å²) >= 11 is 0. The average molecular weight is 252 g/mol. The van der Waals surface area contributed by atoms with Gasteiger partial charge in [-0.1, -0.05) is 19.8 Å². The average Bonchev–Trinajstić information content (AvgIpc) is 2.78. The van der Waals surface area contributed by atoms with Crippen molar-refractivity contribution in [2.45, 2.75) is 51.7 Å². The molecule has 0 bridgehead atoms. The van der Waals surface area contributed by atoms with E-state index in [9.17, 15) is 4.79 Å². The van der Waals surface area contributed by atoms with Crippen molar-refractivity contribution in [3.63, 3.8) is 0 Å². The van der Waals surface area contributed by atoms with E-state index in [1.807, 2.05) is 6.92 Å². The lowest BCUT2D eigenvalue weighted by Crippen LogP contribution is -2.22. The van der Waals surface area contributed by atoms with Crippen LogP contribution in [0.5, 0.6) is 0 Å². The van der Waals surface area contributed by atoms with Gasteiger partial charge in [0.25, 0.3) is 0 Å². The van der Waals surface area contributed by atoms with E-state index in [1.165, 1.54) is 18.9 Å². The lowest BCUT2D eigenvalue weighted by molar-refractivity contribution is -0.0405. The van der Waals surface area contributed by atoms with Crippen LogP contribution in [0, 0.1) is 5.92 Å². The van der Waals surface area contributed by atoms with Crippen LogP contribution in [0.3, 0.4) is 0 Å². The SMILES string of the molecule is CC1CCCC(OC(C)c2ccc(C(=O)O)o2)C1. The largest absolute Gasteiger partial charge is 0.475 e. The van der Waals surface area contributed by atoms with Crippen molar-refractivity contribution < 1.29 is 19.1 Å². The molecule has 3 atom stereocenters. The number of rotatable bonds is 4. The highest BCUT2D eigenvalue weighted by atomic mass is 16.5.